The van der Waals surface area contributed by atoms with E-state index in [1.54, 1.807) is 11.9 Å². The highest BCUT2D eigenvalue weighted by molar-refractivity contribution is 6.07. The summed E-state index contributed by atoms with van der Waals surface area (Å²) in [4.78, 5) is 57.7. The molecule has 0 radical (unpaired) electrons. The molecule has 6 rings (SSSR count). The fourth-order valence-corrected chi connectivity index (χ4v) is 8.57. The van der Waals surface area contributed by atoms with Crippen molar-refractivity contribution >= 4 is 67.0 Å². The second kappa shape index (κ2) is 20.7. The minimum Gasteiger partial charge on any atom is -0.459 e. The van der Waals surface area contributed by atoms with Gasteiger partial charge in [-0.2, -0.15) is 0 Å². The number of unbranched alkanes of at least 4 members (excludes halogenated alkanes) is 3. The third-order valence-electron chi connectivity index (χ3n) is 11.6. The van der Waals surface area contributed by atoms with Gasteiger partial charge in [0.1, 0.15) is 11.2 Å². The predicted molar refractivity (Wildman–Crippen MR) is 259 cm³/mol. The zero-order valence-electron chi connectivity index (χ0n) is 39.3. The van der Waals surface area contributed by atoms with Crippen molar-refractivity contribution in [3.8, 4) is 0 Å². The van der Waals surface area contributed by atoms with Crippen molar-refractivity contribution in [3.63, 3.8) is 0 Å². The third kappa shape index (κ3) is 12.0. The van der Waals surface area contributed by atoms with E-state index in [2.05, 4.69) is 53.8 Å². The Morgan fingerprint density at radius 2 is 0.766 bits per heavy atom. The standard InChI is InChI=1S/C54H66N4O6/c1-53(2,3)63-51(61)33-55-32-45-37-22-14-16-24-39(37)46(40-25-17-15-23-38(40)45)34-56(7)49(59)30-12-10-11-13-31-50(60)57(8)35-47-41-26-18-20-28-43(41)48(44-29-21-19-27-42(44)47)36-58(9)52(62)64-54(4,5)6/h14-29,55H,10-13,30-36H2,1-9H3. The van der Waals surface area contributed by atoms with Crippen LogP contribution in [0.3, 0.4) is 0 Å². The molecule has 0 atom stereocenters. The van der Waals surface area contributed by atoms with Crippen LogP contribution in [0.2, 0.25) is 0 Å². The number of hydrogen-bond donors (Lipinski definition) is 1. The Hall–Kier alpha value is -6.00. The van der Waals surface area contributed by atoms with Gasteiger partial charge in [-0.15, -0.1) is 0 Å². The molecular formula is C54H66N4O6. The molecule has 0 saturated carbocycles. The van der Waals surface area contributed by atoms with Crippen molar-refractivity contribution in [2.45, 2.75) is 117 Å². The maximum atomic E-state index is 13.5. The minimum absolute atomic E-state index is 0.0852. The van der Waals surface area contributed by atoms with E-state index < -0.39 is 11.2 Å². The molecule has 0 bridgehead atoms. The van der Waals surface area contributed by atoms with Gasteiger partial charge in [0.2, 0.25) is 11.8 Å². The fraction of sp³-hybridized carbons (Fsp3) is 0.407. The zero-order chi connectivity index (χ0) is 46.2. The quantitative estimate of drug-likeness (QED) is 0.0552. The van der Waals surface area contributed by atoms with E-state index in [1.807, 2.05) is 114 Å². The largest absolute Gasteiger partial charge is 0.459 e. The number of nitrogens with zero attached hydrogens (tertiary/aromatic N) is 3. The van der Waals surface area contributed by atoms with E-state index in [9.17, 15) is 19.2 Å². The van der Waals surface area contributed by atoms with Crippen LogP contribution in [-0.2, 0) is 50.0 Å². The molecule has 1 N–H and O–H groups in total. The van der Waals surface area contributed by atoms with Crippen LogP contribution in [0, 0.1) is 0 Å². The maximum absolute atomic E-state index is 13.5. The fourth-order valence-electron chi connectivity index (χ4n) is 8.57. The number of ether oxygens (including phenoxy) is 2. The summed E-state index contributed by atoms with van der Waals surface area (Å²) < 4.78 is 11.2. The van der Waals surface area contributed by atoms with Gasteiger partial charge in [0.15, 0.2) is 0 Å². The summed E-state index contributed by atoms with van der Waals surface area (Å²) in [5.74, 6) is -0.115. The lowest BCUT2D eigenvalue weighted by Gasteiger charge is -2.26. The van der Waals surface area contributed by atoms with Crippen LogP contribution in [0.15, 0.2) is 97.1 Å². The molecule has 0 fully saturated rings. The Morgan fingerprint density at radius 3 is 1.09 bits per heavy atom. The molecule has 3 amide bonds. The molecule has 338 valence electrons. The first-order valence-electron chi connectivity index (χ1n) is 22.6. The normalized spacial score (nSPS) is 11.9. The number of nitrogens with one attached hydrogen (secondary N) is 1. The molecule has 6 aromatic carbocycles. The topological polar surface area (TPSA) is 108 Å². The van der Waals surface area contributed by atoms with Crippen molar-refractivity contribution in [3.05, 3.63) is 119 Å². The first-order chi connectivity index (χ1) is 30.4. The molecule has 0 aliphatic carbocycles. The highest BCUT2D eigenvalue weighted by atomic mass is 16.6. The Bertz CT molecular complexity index is 2530. The number of esters is 1. The van der Waals surface area contributed by atoms with Crippen molar-refractivity contribution < 1.29 is 28.7 Å². The van der Waals surface area contributed by atoms with Crippen LogP contribution in [0.5, 0.6) is 0 Å². The first-order valence-corrected chi connectivity index (χ1v) is 22.6. The van der Waals surface area contributed by atoms with E-state index in [0.29, 0.717) is 39.0 Å². The van der Waals surface area contributed by atoms with E-state index in [-0.39, 0.29) is 30.4 Å². The van der Waals surface area contributed by atoms with E-state index in [0.717, 1.165) is 91.0 Å². The molecule has 64 heavy (non-hydrogen) atoms. The number of rotatable bonds is 17. The van der Waals surface area contributed by atoms with Crippen LogP contribution in [-0.4, -0.2) is 77.5 Å². The summed E-state index contributed by atoms with van der Waals surface area (Å²) in [5.41, 5.74) is 3.19. The number of hydrogen-bond acceptors (Lipinski definition) is 7. The molecule has 10 heteroatoms. The monoisotopic (exact) mass is 866 g/mol. The number of amides is 3. The van der Waals surface area contributed by atoms with Crippen molar-refractivity contribution in [2.24, 2.45) is 0 Å². The van der Waals surface area contributed by atoms with E-state index in [1.165, 1.54) is 0 Å². The third-order valence-corrected chi connectivity index (χ3v) is 11.6. The summed E-state index contributed by atoms with van der Waals surface area (Å²) in [6.07, 6.45) is 3.73. The van der Waals surface area contributed by atoms with E-state index >= 15 is 0 Å². The van der Waals surface area contributed by atoms with Crippen LogP contribution >= 0.6 is 0 Å². The lowest BCUT2D eigenvalue weighted by Crippen LogP contribution is -2.34. The van der Waals surface area contributed by atoms with Gasteiger partial charge in [-0.05, 0) is 120 Å². The lowest BCUT2D eigenvalue weighted by atomic mass is 9.91. The number of fused-ring (bicyclic) bond motifs is 4. The molecule has 0 aliphatic rings. The Labute approximate surface area is 378 Å². The van der Waals surface area contributed by atoms with Gasteiger partial charge < -0.3 is 29.5 Å². The lowest BCUT2D eigenvalue weighted by molar-refractivity contribution is -0.153. The SMILES string of the molecule is CN(Cc1c2ccccc2c(CNCC(=O)OC(C)(C)C)c2ccccc12)C(=O)CCCCCCC(=O)N(C)Cc1c2ccccc2c(CN(C)C(=O)OC(C)(C)C)c2ccccc12. The number of benzene rings is 6. The Morgan fingerprint density at radius 1 is 0.453 bits per heavy atom. The molecular weight excluding hydrogens is 801 g/mol. The smallest absolute Gasteiger partial charge is 0.410 e. The van der Waals surface area contributed by atoms with Crippen molar-refractivity contribution in [1.29, 1.82) is 0 Å². The number of carbonyl (C=O) groups excluding carboxylic acids is 4. The summed E-state index contributed by atoms with van der Waals surface area (Å²) in [5, 5.41) is 11.9. The summed E-state index contributed by atoms with van der Waals surface area (Å²) in [6, 6.07) is 33.0. The molecule has 10 nitrogen and oxygen atoms in total. The van der Waals surface area contributed by atoms with Gasteiger partial charge >= 0.3 is 12.1 Å². The van der Waals surface area contributed by atoms with Crippen LogP contribution in [0.4, 0.5) is 4.79 Å². The van der Waals surface area contributed by atoms with Gasteiger partial charge in [-0.25, -0.2) is 4.79 Å². The maximum Gasteiger partial charge on any atom is 0.410 e. The highest BCUT2D eigenvalue weighted by Gasteiger charge is 2.24. The second-order valence-electron chi connectivity index (χ2n) is 19.0. The summed E-state index contributed by atoms with van der Waals surface area (Å²) in [7, 11) is 5.50. The first kappa shape index (κ1) is 47.5. The van der Waals surface area contributed by atoms with Crippen LogP contribution in [0.1, 0.15) is 102 Å². The molecule has 0 aromatic heterocycles. The molecule has 6 aromatic rings. The molecule has 0 spiro atoms. The van der Waals surface area contributed by atoms with Crippen molar-refractivity contribution in [2.75, 3.05) is 27.7 Å². The van der Waals surface area contributed by atoms with E-state index in [4.69, 9.17) is 9.47 Å². The van der Waals surface area contributed by atoms with Gasteiger partial charge in [0, 0.05) is 60.2 Å². The number of carbonyl (C=O) groups is 4. The molecule has 0 aliphatic heterocycles. The average Bonchev–Trinajstić information content (AvgIpc) is 3.25. The van der Waals surface area contributed by atoms with Crippen LogP contribution in [0.25, 0.3) is 43.1 Å². The van der Waals surface area contributed by atoms with Crippen LogP contribution < -0.4 is 5.32 Å². The molecule has 0 unspecified atom stereocenters. The minimum atomic E-state index is -0.595. The summed E-state index contributed by atoms with van der Waals surface area (Å²) in [6.45, 7) is 13.1. The van der Waals surface area contributed by atoms with Crippen molar-refractivity contribution in [1.82, 2.24) is 20.0 Å². The van der Waals surface area contributed by atoms with Gasteiger partial charge in [0.05, 0.1) is 6.54 Å². The molecule has 0 heterocycles. The van der Waals surface area contributed by atoms with Gasteiger partial charge in [0.25, 0.3) is 0 Å². The Balaban J connectivity index is 1.03. The summed E-state index contributed by atoms with van der Waals surface area (Å²) >= 11 is 0. The highest BCUT2D eigenvalue weighted by Crippen LogP contribution is 2.36. The van der Waals surface area contributed by atoms with Gasteiger partial charge in [-0.3, -0.25) is 14.4 Å². The zero-order valence-corrected chi connectivity index (χ0v) is 39.3. The molecule has 0 saturated heterocycles. The second-order valence-corrected chi connectivity index (χ2v) is 19.0. The van der Waals surface area contributed by atoms with Gasteiger partial charge in [-0.1, -0.05) is 110 Å². The Kier molecular flexibility index (Phi) is 15.3. The predicted octanol–water partition coefficient (Wildman–Crippen LogP) is 11.1. The average molecular weight is 867 g/mol.